The molecule has 0 spiro atoms. The first kappa shape index (κ1) is 33.6. The number of aromatic nitrogens is 1. The molecular formula is C54H41FN2. The van der Waals surface area contributed by atoms with Crippen LogP contribution in [0.25, 0.3) is 60.9 Å². The first-order valence-corrected chi connectivity index (χ1v) is 19.9. The van der Waals surface area contributed by atoms with E-state index in [1.54, 1.807) is 12.1 Å². The summed E-state index contributed by atoms with van der Waals surface area (Å²) in [5, 5.41) is 2.50. The lowest BCUT2D eigenvalue weighted by Gasteiger charge is -2.29. The lowest BCUT2D eigenvalue weighted by atomic mass is 9.81. The maximum absolute atomic E-state index is 14.4. The molecule has 11 rings (SSSR count). The first-order valence-electron chi connectivity index (χ1n) is 19.9. The lowest BCUT2D eigenvalue weighted by molar-refractivity contribution is 0.628. The molecule has 2 aliphatic carbocycles. The second-order valence-corrected chi connectivity index (χ2v) is 16.7. The Morgan fingerprint density at radius 2 is 0.912 bits per heavy atom. The number of hydrogen-bond acceptors (Lipinski definition) is 1. The van der Waals surface area contributed by atoms with Crippen LogP contribution in [0.4, 0.5) is 21.5 Å². The van der Waals surface area contributed by atoms with Crippen molar-refractivity contribution in [2.24, 2.45) is 0 Å². The highest BCUT2D eigenvalue weighted by Gasteiger charge is 2.38. The molecule has 1 aromatic heterocycles. The normalized spacial score (nSPS) is 14.3. The van der Waals surface area contributed by atoms with Crippen LogP contribution in [-0.2, 0) is 10.8 Å². The molecule has 0 saturated heterocycles. The summed E-state index contributed by atoms with van der Waals surface area (Å²) in [5.74, 6) is -0.244. The fourth-order valence-corrected chi connectivity index (χ4v) is 9.92. The maximum Gasteiger partial charge on any atom is 0.123 e. The van der Waals surface area contributed by atoms with Crippen LogP contribution < -0.4 is 4.90 Å². The Hall–Kier alpha value is -6.71. The number of halogens is 1. The monoisotopic (exact) mass is 736 g/mol. The molecule has 0 fully saturated rings. The maximum atomic E-state index is 14.4. The van der Waals surface area contributed by atoms with Gasteiger partial charge in [-0.2, -0.15) is 0 Å². The molecule has 2 nitrogen and oxygen atoms in total. The summed E-state index contributed by atoms with van der Waals surface area (Å²) in [7, 11) is 0. The summed E-state index contributed by atoms with van der Waals surface area (Å²) in [6.45, 7) is 9.32. The molecule has 0 atom stereocenters. The van der Waals surface area contributed by atoms with Crippen molar-refractivity contribution in [3.63, 3.8) is 0 Å². The van der Waals surface area contributed by atoms with Gasteiger partial charge in [0, 0.05) is 44.4 Å². The summed E-state index contributed by atoms with van der Waals surface area (Å²) in [6.07, 6.45) is 0. The minimum Gasteiger partial charge on any atom is -0.310 e. The van der Waals surface area contributed by atoms with Crippen molar-refractivity contribution < 1.29 is 4.39 Å². The van der Waals surface area contributed by atoms with Crippen LogP contribution in [0.5, 0.6) is 0 Å². The SMILES string of the molecule is CC1(C)c2ccccc2-c2ccc(N(c3ccc(F)cc3)c3ccc4c(c3)C(C)(C)c3cc(-c5ccc6c(c5)c5ccccc5n6-c5ccccc5)ccc3-4)cc21. The van der Waals surface area contributed by atoms with Crippen LogP contribution in [0, 0.1) is 5.82 Å². The van der Waals surface area contributed by atoms with Crippen molar-refractivity contribution in [1.29, 1.82) is 0 Å². The zero-order chi connectivity index (χ0) is 38.6. The van der Waals surface area contributed by atoms with Gasteiger partial charge >= 0.3 is 0 Å². The Morgan fingerprint density at radius 1 is 0.404 bits per heavy atom. The predicted octanol–water partition coefficient (Wildman–Crippen LogP) is 14.7. The molecule has 2 aliphatic rings. The van der Waals surface area contributed by atoms with E-state index in [0.29, 0.717) is 0 Å². The average molecular weight is 737 g/mol. The summed E-state index contributed by atoms with van der Waals surface area (Å²) in [4.78, 5) is 2.28. The van der Waals surface area contributed by atoms with Gasteiger partial charge in [-0.05, 0) is 141 Å². The lowest BCUT2D eigenvalue weighted by Crippen LogP contribution is -2.18. The van der Waals surface area contributed by atoms with Crippen molar-refractivity contribution in [3.8, 4) is 39.1 Å². The van der Waals surface area contributed by atoms with E-state index in [-0.39, 0.29) is 16.6 Å². The predicted molar refractivity (Wildman–Crippen MR) is 236 cm³/mol. The molecule has 0 aliphatic heterocycles. The standard InChI is InChI=1S/C54H41FN2/c1-53(2)47-16-10-8-14-41(47)43-27-24-39(32-49(43)53)56(38-22-20-36(55)21-23-38)40-25-28-44-42-26-18-35(31-48(42)54(3,4)50(44)33-40)34-19-29-52-46(30-34)45-15-9-11-17-51(45)57(52)37-12-6-5-7-13-37/h5-33H,1-4H3. The third kappa shape index (κ3) is 4.95. The second-order valence-electron chi connectivity index (χ2n) is 16.7. The highest BCUT2D eigenvalue weighted by molar-refractivity contribution is 6.10. The number of hydrogen-bond donors (Lipinski definition) is 0. The van der Waals surface area contributed by atoms with Gasteiger partial charge in [0.1, 0.15) is 5.82 Å². The van der Waals surface area contributed by atoms with E-state index in [9.17, 15) is 4.39 Å². The molecule has 1 heterocycles. The van der Waals surface area contributed by atoms with Crippen LogP contribution in [-0.4, -0.2) is 4.57 Å². The van der Waals surface area contributed by atoms with Crippen molar-refractivity contribution in [1.82, 2.24) is 4.57 Å². The Kier molecular flexibility index (Phi) is 7.16. The minimum absolute atomic E-state index is 0.140. The van der Waals surface area contributed by atoms with Gasteiger partial charge < -0.3 is 9.47 Å². The van der Waals surface area contributed by atoms with Gasteiger partial charge in [0.2, 0.25) is 0 Å². The number of fused-ring (bicyclic) bond motifs is 9. The summed E-state index contributed by atoms with van der Waals surface area (Å²) >= 11 is 0. The van der Waals surface area contributed by atoms with Crippen LogP contribution in [0.3, 0.4) is 0 Å². The Bertz CT molecular complexity index is 3080. The number of para-hydroxylation sites is 2. The van der Waals surface area contributed by atoms with E-state index in [2.05, 4.69) is 189 Å². The van der Waals surface area contributed by atoms with Gasteiger partial charge in [-0.15, -0.1) is 0 Å². The van der Waals surface area contributed by atoms with Crippen molar-refractivity contribution in [3.05, 3.63) is 204 Å². The summed E-state index contributed by atoms with van der Waals surface area (Å²) in [5.41, 5.74) is 19.0. The molecule has 0 bridgehead atoms. The fourth-order valence-electron chi connectivity index (χ4n) is 9.92. The van der Waals surface area contributed by atoms with Gasteiger partial charge in [-0.1, -0.05) is 119 Å². The second kappa shape index (κ2) is 12.1. The molecule has 8 aromatic carbocycles. The van der Waals surface area contributed by atoms with Crippen LogP contribution in [0.2, 0.25) is 0 Å². The molecule has 0 amide bonds. The zero-order valence-electron chi connectivity index (χ0n) is 32.5. The molecule has 274 valence electrons. The minimum atomic E-state index is -0.250. The molecule has 0 unspecified atom stereocenters. The van der Waals surface area contributed by atoms with Crippen molar-refractivity contribution in [2.75, 3.05) is 4.90 Å². The van der Waals surface area contributed by atoms with Crippen LogP contribution >= 0.6 is 0 Å². The smallest absolute Gasteiger partial charge is 0.123 e. The number of rotatable bonds is 5. The number of benzene rings is 8. The van der Waals surface area contributed by atoms with E-state index in [1.807, 2.05) is 12.1 Å². The number of nitrogens with zero attached hydrogens (tertiary/aromatic N) is 2. The number of anilines is 3. The molecule has 3 heteroatoms. The topological polar surface area (TPSA) is 8.17 Å². The van der Waals surface area contributed by atoms with E-state index in [0.717, 1.165) is 22.7 Å². The molecule has 0 saturated carbocycles. The third-order valence-corrected chi connectivity index (χ3v) is 12.8. The van der Waals surface area contributed by atoms with Gasteiger partial charge in [0.25, 0.3) is 0 Å². The largest absolute Gasteiger partial charge is 0.310 e. The average Bonchev–Trinajstić information content (AvgIpc) is 3.78. The molecule has 0 radical (unpaired) electrons. The fraction of sp³-hybridized carbons (Fsp3) is 0.111. The zero-order valence-corrected chi connectivity index (χ0v) is 32.5. The highest BCUT2D eigenvalue weighted by Crippen LogP contribution is 2.53. The van der Waals surface area contributed by atoms with Crippen molar-refractivity contribution in [2.45, 2.75) is 38.5 Å². The molecule has 9 aromatic rings. The quantitative estimate of drug-likeness (QED) is 0.171. The van der Waals surface area contributed by atoms with E-state index < -0.39 is 0 Å². The van der Waals surface area contributed by atoms with Gasteiger partial charge in [0.15, 0.2) is 0 Å². The van der Waals surface area contributed by atoms with E-state index in [1.165, 1.54) is 77.4 Å². The Labute approximate surface area is 333 Å². The van der Waals surface area contributed by atoms with Gasteiger partial charge in [-0.25, -0.2) is 4.39 Å². The van der Waals surface area contributed by atoms with Gasteiger partial charge in [0.05, 0.1) is 11.0 Å². The third-order valence-electron chi connectivity index (χ3n) is 12.8. The molecule has 57 heavy (non-hydrogen) atoms. The summed E-state index contributed by atoms with van der Waals surface area (Å²) in [6, 6.07) is 62.6. The first-order chi connectivity index (χ1) is 27.7. The Morgan fingerprint density at radius 3 is 1.63 bits per heavy atom. The summed E-state index contributed by atoms with van der Waals surface area (Å²) < 4.78 is 16.7. The van der Waals surface area contributed by atoms with Gasteiger partial charge in [-0.3, -0.25) is 0 Å². The Balaban J connectivity index is 1.01. The van der Waals surface area contributed by atoms with E-state index >= 15 is 0 Å². The van der Waals surface area contributed by atoms with Crippen LogP contribution in [0.1, 0.15) is 49.9 Å². The highest BCUT2D eigenvalue weighted by atomic mass is 19.1. The van der Waals surface area contributed by atoms with Crippen molar-refractivity contribution >= 4 is 38.9 Å². The van der Waals surface area contributed by atoms with E-state index in [4.69, 9.17) is 0 Å². The van der Waals surface area contributed by atoms with Crippen LogP contribution in [0.15, 0.2) is 176 Å². The molecular weight excluding hydrogens is 696 g/mol. The molecule has 0 N–H and O–H groups in total.